The Hall–Kier alpha value is -2.70. The first kappa shape index (κ1) is 21.0. The molecule has 0 radical (unpaired) electrons. The van der Waals surface area contributed by atoms with Gasteiger partial charge in [-0.05, 0) is 29.7 Å². The monoisotopic (exact) mass is 395 g/mol. The molecule has 1 N–H and O–H groups in total. The average Bonchev–Trinajstić information content (AvgIpc) is 2.77. The topological polar surface area (TPSA) is 61.9 Å². The first-order valence-corrected chi connectivity index (χ1v) is 10.1. The van der Waals surface area contributed by atoms with Crippen LogP contribution in [0.25, 0.3) is 11.1 Å². The van der Waals surface area contributed by atoms with Gasteiger partial charge >= 0.3 is 0 Å². The van der Waals surface area contributed by atoms with E-state index in [4.69, 9.17) is 4.74 Å². The van der Waals surface area contributed by atoms with Crippen molar-refractivity contribution in [3.63, 3.8) is 0 Å². The highest BCUT2D eigenvalue weighted by molar-refractivity contribution is 5.94. The molecular formula is C23H29N3O3. The Morgan fingerprint density at radius 3 is 2.24 bits per heavy atom. The summed E-state index contributed by atoms with van der Waals surface area (Å²) < 4.78 is 4.97. The summed E-state index contributed by atoms with van der Waals surface area (Å²) in [4.78, 5) is 28.7. The number of ether oxygens (including phenoxy) is 1. The van der Waals surface area contributed by atoms with Crippen LogP contribution in [0, 0.1) is 0 Å². The molecule has 0 aliphatic carbocycles. The molecule has 0 atom stereocenters. The van der Waals surface area contributed by atoms with Crippen LogP contribution in [0.1, 0.15) is 16.8 Å². The Kier molecular flexibility index (Phi) is 7.78. The first-order valence-electron chi connectivity index (χ1n) is 10.1. The molecule has 6 heteroatoms. The number of hydrogen-bond acceptors (Lipinski definition) is 4. The lowest BCUT2D eigenvalue weighted by molar-refractivity contribution is -0.122. The number of carbonyl (C=O) groups is 2. The van der Waals surface area contributed by atoms with E-state index in [1.54, 1.807) is 7.11 Å². The third-order valence-electron chi connectivity index (χ3n) is 5.11. The van der Waals surface area contributed by atoms with Crippen LogP contribution in [0.15, 0.2) is 54.6 Å². The van der Waals surface area contributed by atoms with Gasteiger partial charge in [-0.15, -0.1) is 0 Å². The molecule has 1 saturated heterocycles. The maximum absolute atomic E-state index is 12.8. The fourth-order valence-electron chi connectivity index (χ4n) is 3.43. The Balaban J connectivity index is 1.45. The van der Waals surface area contributed by atoms with E-state index >= 15 is 0 Å². The maximum atomic E-state index is 12.8. The van der Waals surface area contributed by atoms with Crippen molar-refractivity contribution in [3.8, 4) is 11.1 Å². The summed E-state index contributed by atoms with van der Waals surface area (Å²) >= 11 is 0. The fourth-order valence-corrected chi connectivity index (χ4v) is 3.43. The van der Waals surface area contributed by atoms with Gasteiger partial charge in [0.1, 0.15) is 0 Å². The van der Waals surface area contributed by atoms with E-state index in [-0.39, 0.29) is 11.8 Å². The predicted octanol–water partition coefficient (Wildman–Crippen LogP) is 2.26. The van der Waals surface area contributed by atoms with E-state index in [0.29, 0.717) is 51.4 Å². The number of nitrogens with zero attached hydrogens (tertiary/aromatic N) is 2. The summed E-state index contributed by atoms with van der Waals surface area (Å²) in [6.45, 7) is 4.34. The number of rotatable bonds is 8. The molecule has 1 aliphatic rings. The molecule has 3 rings (SSSR count). The highest BCUT2D eigenvalue weighted by Crippen LogP contribution is 2.20. The van der Waals surface area contributed by atoms with Crippen molar-refractivity contribution < 1.29 is 14.3 Å². The molecule has 29 heavy (non-hydrogen) atoms. The van der Waals surface area contributed by atoms with Gasteiger partial charge in [0.2, 0.25) is 5.91 Å². The standard InChI is InChI=1S/C23H29N3O3/c1-29-17-5-12-24-22(27)18-25-13-15-26(16-14-25)23(28)21-10-8-20(9-11-21)19-6-3-2-4-7-19/h2-4,6-11H,5,12-18H2,1H3,(H,24,27). The van der Waals surface area contributed by atoms with Crippen molar-refractivity contribution >= 4 is 11.8 Å². The molecule has 1 aliphatic heterocycles. The third kappa shape index (κ3) is 6.14. The number of nitrogens with one attached hydrogen (secondary N) is 1. The summed E-state index contributed by atoms with van der Waals surface area (Å²) in [7, 11) is 1.65. The Bertz CT molecular complexity index is 785. The van der Waals surface area contributed by atoms with Crippen LogP contribution in [0.4, 0.5) is 0 Å². The van der Waals surface area contributed by atoms with Gasteiger partial charge in [0.25, 0.3) is 5.91 Å². The van der Waals surface area contributed by atoms with Gasteiger partial charge in [-0.2, -0.15) is 0 Å². The van der Waals surface area contributed by atoms with E-state index < -0.39 is 0 Å². The molecule has 0 saturated carbocycles. The van der Waals surface area contributed by atoms with Gasteiger partial charge in [0.05, 0.1) is 6.54 Å². The van der Waals surface area contributed by atoms with Gasteiger partial charge in [-0.1, -0.05) is 42.5 Å². The van der Waals surface area contributed by atoms with Crippen LogP contribution in [0.5, 0.6) is 0 Å². The second-order valence-corrected chi connectivity index (χ2v) is 7.21. The molecule has 1 fully saturated rings. The van der Waals surface area contributed by atoms with Crippen molar-refractivity contribution in [2.24, 2.45) is 0 Å². The van der Waals surface area contributed by atoms with Crippen molar-refractivity contribution in [1.29, 1.82) is 0 Å². The molecule has 2 amide bonds. The van der Waals surface area contributed by atoms with Gasteiger partial charge in [-0.25, -0.2) is 0 Å². The van der Waals surface area contributed by atoms with Crippen LogP contribution in [0.3, 0.4) is 0 Å². The second kappa shape index (κ2) is 10.7. The molecule has 1 heterocycles. The van der Waals surface area contributed by atoms with Crippen LogP contribution < -0.4 is 5.32 Å². The lowest BCUT2D eigenvalue weighted by Crippen LogP contribution is -2.51. The Morgan fingerprint density at radius 2 is 1.59 bits per heavy atom. The molecule has 0 aromatic heterocycles. The summed E-state index contributed by atoms with van der Waals surface area (Å²) in [5.74, 6) is 0.0747. The molecule has 0 bridgehead atoms. The van der Waals surface area contributed by atoms with E-state index in [2.05, 4.69) is 22.3 Å². The van der Waals surface area contributed by atoms with Crippen LogP contribution >= 0.6 is 0 Å². The second-order valence-electron chi connectivity index (χ2n) is 7.21. The molecule has 2 aromatic carbocycles. The number of amides is 2. The van der Waals surface area contributed by atoms with Gasteiger partial charge < -0.3 is 15.0 Å². The van der Waals surface area contributed by atoms with Crippen molar-refractivity contribution in [2.75, 3.05) is 53.0 Å². The predicted molar refractivity (Wildman–Crippen MR) is 114 cm³/mol. The Labute approximate surface area is 172 Å². The van der Waals surface area contributed by atoms with E-state index in [0.717, 1.165) is 17.5 Å². The zero-order valence-corrected chi connectivity index (χ0v) is 17.0. The number of piperazine rings is 1. The zero-order chi connectivity index (χ0) is 20.5. The van der Waals surface area contributed by atoms with Crippen molar-refractivity contribution in [3.05, 3.63) is 60.2 Å². The van der Waals surface area contributed by atoms with E-state index in [1.165, 1.54) is 0 Å². The quantitative estimate of drug-likeness (QED) is 0.697. The smallest absolute Gasteiger partial charge is 0.253 e. The van der Waals surface area contributed by atoms with Crippen LogP contribution in [-0.2, 0) is 9.53 Å². The highest BCUT2D eigenvalue weighted by atomic mass is 16.5. The molecule has 154 valence electrons. The summed E-state index contributed by atoms with van der Waals surface area (Å²) in [5.41, 5.74) is 2.94. The summed E-state index contributed by atoms with van der Waals surface area (Å²) in [5, 5.41) is 2.90. The van der Waals surface area contributed by atoms with E-state index in [9.17, 15) is 9.59 Å². The maximum Gasteiger partial charge on any atom is 0.253 e. The van der Waals surface area contributed by atoms with Crippen molar-refractivity contribution in [2.45, 2.75) is 6.42 Å². The van der Waals surface area contributed by atoms with E-state index in [1.807, 2.05) is 47.4 Å². The lowest BCUT2D eigenvalue weighted by atomic mass is 10.0. The minimum Gasteiger partial charge on any atom is -0.385 e. The van der Waals surface area contributed by atoms with Gasteiger partial charge in [0, 0.05) is 52.0 Å². The average molecular weight is 396 g/mol. The summed E-state index contributed by atoms with van der Waals surface area (Å²) in [6, 6.07) is 17.9. The molecule has 0 unspecified atom stereocenters. The largest absolute Gasteiger partial charge is 0.385 e. The fraction of sp³-hybridized carbons (Fsp3) is 0.391. The van der Waals surface area contributed by atoms with Gasteiger partial charge in [0.15, 0.2) is 0 Å². The van der Waals surface area contributed by atoms with Crippen LogP contribution in [-0.4, -0.2) is 74.6 Å². The number of methoxy groups -OCH3 is 1. The summed E-state index contributed by atoms with van der Waals surface area (Å²) in [6.07, 6.45) is 0.813. The zero-order valence-electron chi connectivity index (χ0n) is 17.0. The third-order valence-corrected chi connectivity index (χ3v) is 5.11. The molecule has 2 aromatic rings. The molecule has 0 spiro atoms. The number of benzene rings is 2. The van der Waals surface area contributed by atoms with Gasteiger partial charge in [-0.3, -0.25) is 14.5 Å². The lowest BCUT2D eigenvalue weighted by Gasteiger charge is -2.34. The highest BCUT2D eigenvalue weighted by Gasteiger charge is 2.23. The molecular weight excluding hydrogens is 366 g/mol. The first-order chi connectivity index (χ1) is 14.2. The van der Waals surface area contributed by atoms with Crippen LogP contribution in [0.2, 0.25) is 0 Å². The minimum absolute atomic E-state index is 0.0254. The SMILES string of the molecule is COCCCNC(=O)CN1CCN(C(=O)c2ccc(-c3ccccc3)cc2)CC1. The molecule has 6 nitrogen and oxygen atoms in total. The number of carbonyl (C=O) groups excluding carboxylic acids is 2. The number of hydrogen-bond donors (Lipinski definition) is 1. The van der Waals surface area contributed by atoms with Crippen molar-refractivity contribution in [1.82, 2.24) is 15.1 Å². The normalized spacial score (nSPS) is 14.6. The minimum atomic E-state index is 0.0254. The Morgan fingerprint density at radius 1 is 0.931 bits per heavy atom.